The molecule has 2 radical (unpaired) electrons. The number of allylic oxidation sites excluding steroid dienone is 2. The van der Waals surface area contributed by atoms with Crippen molar-refractivity contribution in [1.29, 1.82) is 0 Å². The van der Waals surface area contributed by atoms with Crippen LogP contribution in [-0.4, -0.2) is 56.1 Å². The molecule has 2 fully saturated rings. The number of ketones is 2. The monoisotopic (exact) mass is 484 g/mol. The second-order valence-electron chi connectivity index (χ2n) is 12.1. The van der Waals surface area contributed by atoms with E-state index in [2.05, 4.69) is 0 Å². The first-order chi connectivity index (χ1) is 15.3. The lowest BCUT2D eigenvalue weighted by atomic mass is 9.80. The maximum Gasteiger partial charge on any atom is 0.263 e. The number of carbonyl (C=O) groups excluding carboxylic acids is 2. The normalized spacial score (nSPS) is 28.5. The van der Waals surface area contributed by atoms with Crippen LogP contribution in [0.25, 0.3) is 0 Å². The van der Waals surface area contributed by atoms with E-state index >= 15 is 8.78 Å². The standard InChI is InChI=1S/C24H34F2N2O6/c1-21(2)9-13(10-22(3,4)27(21)31)33-19-15(25)18(30)20(16(26)17(19)29)34-14-11-23(5,6)28(32)24(7,8)12-14/h13-14H,9-12H2,1-8H3. The third-order valence-electron chi connectivity index (χ3n) is 6.89. The van der Waals surface area contributed by atoms with E-state index in [1.54, 1.807) is 55.4 Å². The van der Waals surface area contributed by atoms with E-state index in [1.165, 1.54) is 0 Å². The Balaban J connectivity index is 1.82. The molecule has 2 aliphatic heterocycles. The van der Waals surface area contributed by atoms with Crippen molar-refractivity contribution in [1.82, 2.24) is 10.1 Å². The van der Waals surface area contributed by atoms with Crippen molar-refractivity contribution >= 4 is 11.6 Å². The predicted octanol–water partition coefficient (Wildman–Crippen LogP) is 4.27. The highest BCUT2D eigenvalue weighted by Gasteiger charge is 2.50. The van der Waals surface area contributed by atoms with Crippen molar-refractivity contribution in [2.24, 2.45) is 0 Å². The molecule has 0 amide bonds. The summed E-state index contributed by atoms with van der Waals surface area (Å²) in [4.78, 5) is 25.4. The number of halogens is 2. The van der Waals surface area contributed by atoms with Crippen molar-refractivity contribution in [3.8, 4) is 0 Å². The third kappa shape index (κ3) is 4.65. The van der Waals surface area contributed by atoms with E-state index in [4.69, 9.17) is 9.47 Å². The van der Waals surface area contributed by atoms with Gasteiger partial charge in [-0.3, -0.25) is 9.59 Å². The summed E-state index contributed by atoms with van der Waals surface area (Å²) in [5.74, 6) is -7.87. The molecule has 3 aliphatic rings. The van der Waals surface area contributed by atoms with Crippen molar-refractivity contribution in [2.75, 3.05) is 0 Å². The average molecular weight is 485 g/mol. The number of ether oxygens (including phenoxy) is 2. The Hall–Kier alpha value is -1.88. The highest BCUT2D eigenvalue weighted by Crippen LogP contribution is 2.42. The lowest BCUT2D eigenvalue weighted by molar-refractivity contribution is -0.299. The average Bonchev–Trinajstić information content (AvgIpc) is 2.68. The van der Waals surface area contributed by atoms with E-state index in [0.717, 1.165) is 10.1 Å². The molecule has 1 aliphatic carbocycles. The molecule has 10 heteroatoms. The summed E-state index contributed by atoms with van der Waals surface area (Å²) >= 11 is 0. The number of hydrogen-bond donors (Lipinski definition) is 0. The molecule has 2 saturated heterocycles. The Morgan fingerprint density at radius 1 is 0.618 bits per heavy atom. The van der Waals surface area contributed by atoms with E-state index < -0.39 is 69.1 Å². The topological polar surface area (TPSA) is 98.9 Å². The van der Waals surface area contributed by atoms with Gasteiger partial charge >= 0.3 is 0 Å². The summed E-state index contributed by atoms with van der Waals surface area (Å²) in [5.41, 5.74) is -3.48. The molecule has 0 unspecified atom stereocenters. The summed E-state index contributed by atoms with van der Waals surface area (Å²) in [6, 6.07) is 0. The number of carbonyl (C=O) groups is 2. The predicted molar refractivity (Wildman–Crippen MR) is 116 cm³/mol. The lowest BCUT2D eigenvalue weighted by Gasteiger charge is -2.49. The second-order valence-corrected chi connectivity index (χ2v) is 12.1. The molecular formula is C24H34F2N2O6. The number of nitrogens with zero attached hydrogens (tertiary/aromatic N) is 2. The van der Waals surface area contributed by atoms with Gasteiger partial charge in [0, 0.05) is 47.8 Å². The number of hydroxylamine groups is 4. The van der Waals surface area contributed by atoms with Crippen molar-refractivity contribution in [3.63, 3.8) is 0 Å². The van der Waals surface area contributed by atoms with Gasteiger partial charge < -0.3 is 9.47 Å². The molecule has 3 rings (SSSR count). The van der Waals surface area contributed by atoms with E-state index in [-0.39, 0.29) is 25.7 Å². The fourth-order valence-electron chi connectivity index (χ4n) is 5.66. The van der Waals surface area contributed by atoms with Gasteiger partial charge in [-0.1, -0.05) is 0 Å². The van der Waals surface area contributed by atoms with Gasteiger partial charge in [-0.05, 0) is 55.4 Å². The van der Waals surface area contributed by atoms with E-state index in [9.17, 15) is 20.0 Å². The molecular weight excluding hydrogens is 450 g/mol. The van der Waals surface area contributed by atoms with Gasteiger partial charge in [0.2, 0.25) is 23.2 Å². The summed E-state index contributed by atoms with van der Waals surface area (Å²) in [6.07, 6.45) is -0.914. The second kappa shape index (κ2) is 8.36. The molecule has 0 aromatic heterocycles. The lowest BCUT2D eigenvalue weighted by Crippen LogP contribution is -2.60. The van der Waals surface area contributed by atoms with Crippen molar-refractivity contribution < 1.29 is 38.3 Å². The van der Waals surface area contributed by atoms with Crippen LogP contribution in [0.2, 0.25) is 0 Å². The minimum Gasteiger partial charge on any atom is -0.483 e. The maximum atomic E-state index is 15.0. The Bertz CT molecular complexity index is 841. The maximum absolute atomic E-state index is 15.0. The molecule has 0 N–H and O–H groups in total. The van der Waals surface area contributed by atoms with Gasteiger partial charge in [-0.25, -0.2) is 0 Å². The fourth-order valence-corrected chi connectivity index (χ4v) is 5.66. The van der Waals surface area contributed by atoms with Crippen LogP contribution in [0.3, 0.4) is 0 Å². The molecule has 34 heavy (non-hydrogen) atoms. The summed E-state index contributed by atoms with van der Waals surface area (Å²) < 4.78 is 41.1. The van der Waals surface area contributed by atoms with E-state index in [0.29, 0.717) is 0 Å². The highest BCUT2D eigenvalue weighted by atomic mass is 19.1. The van der Waals surface area contributed by atoms with Gasteiger partial charge in [0.05, 0.1) is 0 Å². The summed E-state index contributed by atoms with van der Waals surface area (Å²) in [7, 11) is 0. The number of Topliss-reactive ketones (excluding diaryl/α,β-unsaturated/α-hetero) is 2. The zero-order valence-corrected chi connectivity index (χ0v) is 21.1. The van der Waals surface area contributed by atoms with Gasteiger partial charge in [0.15, 0.2) is 0 Å². The number of hydrogen-bond acceptors (Lipinski definition) is 6. The van der Waals surface area contributed by atoms with Crippen LogP contribution in [0, 0.1) is 0 Å². The van der Waals surface area contributed by atoms with Gasteiger partial charge in [0.25, 0.3) is 11.6 Å². The smallest absolute Gasteiger partial charge is 0.263 e. The highest BCUT2D eigenvalue weighted by molar-refractivity contribution is 6.21. The molecule has 0 aromatic carbocycles. The van der Waals surface area contributed by atoms with Gasteiger partial charge in [-0.15, -0.1) is 20.5 Å². The zero-order chi connectivity index (χ0) is 26.0. The molecule has 0 bridgehead atoms. The van der Waals surface area contributed by atoms with Crippen LogP contribution >= 0.6 is 0 Å². The van der Waals surface area contributed by atoms with Crippen LogP contribution < -0.4 is 0 Å². The van der Waals surface area contributed by atoms with Gasteiger partial charge in [0.1, 0.15) is 12.2 Å². The van der Waals surface area contributed by atoms with Gasteiger partial charge in [-0.2, -0.15) is 8.78 Å². The van der Waals surface area contributed by atoms with Crippen molar-refractivity contribution in [3.05, 3.63) is 23.2 Å². The molecule has 8 nitrogen and oxygen atoms in total. The van der Waals surface area contributed by atoms with Crippen LogP contribution in [0.1, 0.15) is 81.1 Å². The van der Waals surface area contributed by atoms with Crippen LogP contribution in [-0.2, 0) is 29.5 Å². The van der Waals surface area contributed by atoms with E-state index in [1.807, 2.05) is 0 Å². The molecule has 0 aromatic rings. The first-order valence-corrected chi connectivity index (χ1v) is 11.5. The molecule has 0 spiro atoms. The Morgan fingerprint density at radius 2 is 0.853 bits per heavy atom. The Kier molecular flexibility index (Phi) is 6.57. The Labute approximate surface area is 199 Å². The SMILES string of the molecule is CC1(C)CC(OC2=C(F)C(=O)C(OC3CC(C)(C)N([O])C(C)(C)C3)=C(F)C2=O)CC(C)(C)N1[O]. The zero-order valence-electron chi connectivity index (χ0n) is 21.1. The minimum atomic E-state index is -1.53. The minimum absolute atomic E-state index is 0.158. The molecule has 2 heterocycles. The number of rotatable bonds is 4. The van der Waals surface area contributed by atoms with Crippen LogP contribution in [0.15, 0.2) is 23.2 Å². The summed E-state index contributed by atoms with van der Waals surface area (Å²) in [5, 5.41) is 26.9. The summed E-state index contributed by atoms with van der Waals surface area (Å²) in [6.45, 7) is 13.5. The third-order valence-corrected chi connectivity index (χ3v) is 6.89. The molecule has 190 valence electrons. The molecule has 0 saturated carbocycles. The van der Waals surface area contributed by atoms with Crippen LogP contribution in [0.4, 0.5) is 8.78 Å². The quantitative estimate of drug-likeness (QED) is 0.553. The fraction of sp³-hybridized carbons (Fsp3) is 0.750. The first kappa shape index (κ1) is 26.7. The van der Waals surface area contributed by atoms with Crippen LogP contribution in [0.5, 0.6) is 0 Å². The first-order valence-electron chi connectivity index (χ1n) is 11.5. The number of piperidine rings is 2. The van der Waals surface area contributed by atoms with Crippen molar-refractivity contribution in [2.45, 2.75) is 115 Å². The largest absolute Gasteiger partial charge is 0.483 e. The Morgan fingerprint density at radius 3 is 1.09 bits per heavy atom. The molecule has 0 atom stereocenters.